The summed E-state index contributed by atoms with van der Waals surface area (Å²) in [5.41, 5.74) is 1.70. The van der Waals surface area contributed by atoms with Crippen molar-refractivity contribution in [2.75, 3.05) is 6.61 Å². The first-order valence-electron chi connectivity index (χ1n) is 9.04. The summed E-state index contributed by atoms with van der Waals surface area (Å²) in [6.07, 6.45) is 5.78. The van der Waals surface area contributed by atoms with Crippen molar-refractivity contribution in [3.05, 3.63) is 34.8 Å². The van der Waals surface area contributed by atoms with E-state index in [1.165, 1.54) is 30.6 Å². The Morgan fingerprint density at radius 1 is 1.19 bits per heavy atom. The highest BCUT2D eigenvalue weighted by molar-refractivity contribution is 7.17. The average Bonchev–Trinajstić information content (AvgIpc) is 3.03. The second-order valence-corrected chi connectivity index (χ2v) is 7.70. The highest BCUT2D eigenvalue weighted by atomic mass is 32.1. The van der Waals surface area contributed by atoms with Crippen LogP contribution in [0.1, 0.15) is 54.4 Å². The lowest BCUT2D eigenvalue weighted by Gasteiger charge is -2.22. The van der Waals surface area contributed by atoms with Gasteiger partial charge in [-0.05, 0) is 44.0 Å². The van der Waals surface area contributed by atoms with Crippen molar-refractivity contribution in [1.29, 1.82) is 0 Å². The molecule has 1 aromatic carbocycles. The molecule has 5 nitrogen and oxygen atoms in total. The fourth-order valence-corrected chi connectivity index (χ4v) is 4.17. The fraction of sp³-hybridized carbons (Fsp3) is 0.450. The van der Waals surface area contributed by atoms with Crippen molar-refractivity contribution >= 4 is 23.0 Å². The lowest BCUT2D eigenvalue weighted by atomic mass is 9.95. The minimum absolute atomic E-state index is 0.0285. The van der Waals surface area contributed by atoms with Crippen LogP contribution in [0, 0.1) is 6.92 Å². The molecule has 3 rings (SSSR count). The molecule has 1 aromatic heterocycles. The predicted octanol–water partition coefficient (Wildman–Crippen LogP) is 4.15. The molecule has 1 saturated carbocycles. The summed E-state index contributed by atoms with van der Waals surface area (Å²) in [7, 11) is 0. The zero-order valence-corrected chi connectivity index (χ0v) is 16.0. The van der Waals surface area contributed by atoms with Gasteiger partial charge in [-0.3, -0.25) is 9.59 Å². The van der Waals surface area contributed by atoms with Crippen molar-refractivity contribution in [3.63, 3.8) is 0 Å². The molecular weight excluding hydrogens is 348 g/mol. The Kier molecular flexibility index (Phi) is 6.04. The monoisotopic (exact) mass is 372 g/mol. The van der Waals surface area contributed by atoms with Gasteiger partial charge in [-0.25, -0.2) is 4.98 Å². The van der Waals surface area contributed by atoms with E-state index in [1.54, 1.807) is 6.92 Å². The van der Waals surface area contributed by atoms with E-state index in [0.717, 1.165) is 29.1 Å². The number of hydrogen-bond donors (Lipinski definition) is 1. The molecule has 1 aliphatic carbocycles. The van der Waals surface area contributed by atoms with E-state index in [1.807, 2.05) is 31.2 Å². The number of nitrogens with one attached hydrogen (secondary N) is 1. The third-order valence-electron chi connectivity index (χ3n) is 4.56. The SMILES string of the molecule is CC(=O)c1sc(-c2ccc(OCC(=O)NC3CCCCC3)cc2)nc1C. The quantitative estimate of drug-likeness (QED) is 0.774. The van der Waals surface area contributed by atoms with Crippen LogP contribution in [0.3, 0.4) is 0 Å². The van der Waals surface area contributed by atoms with Gasteiger partial charge in [-0.1, -0.05) is 19.3 Å². The Morgan fingerprint density at radius 3 is 2.50 bits per heavy atom. The maximum Gasteiger partial charge on any atom is 0.258 e. The normalized spacial score (nSPS) is 14.8. The molecule has 0 bridgehead atoms. The summed E-state index contributed by atoms with van der Waals surface area (Å²) in [4.78, 5) is 28.7. The first-order chi connectivity index (χ1) is 12.5. The Labute approximate surface area is 157 Å². The standard InChI is InChI=1S/C20H24N2O3S/c1-13-19(14(2)23)26-20(21-13)15-8-10-17(11-9-15)25-12-18(24)22-16-6-4-3-5-7-16/h8-11,16H,3-7,12H2,1-2H3,(H,22,24). The summed E-state index contributed by atoms with van der Waals surface area (Å²) < 4.78 is 5.58. The molecule has 0 saturated heterocycles. The van der Waals surface area contributed by atoms with Gasteiger partial charge in [-0.2, -0.15) is 0 Å². The molecular formula is C20H24N2O3S. The van der Waals surface area contributed by atoms with E-state index in [-0.39, 0.29) is 18.3 Å². The number of carbonyl (C=O) groups excluding carboxylic acids is 2. The van der Waals surface area contributed by atoms with Crippen LogP contribution in [-0.2, 0) is 4.79 Å². The molecule has 6 heteroatoms. The summed E-state index contributed by atoms with van der Waals surface area (Å²) in [6.45, 7) is 3.43. The van der Waals surface area contributed by atoms with Crippen LogP contribution in [0.5, 0.6) is 5.75 Å². The maximum absolute atomic E-state index is 12.0. The molecule has 2 aromatic rings. The topological polar surface area (TPSA) is 68.3 Å². The highest BCUT2D eigenvalue weighted by Crippen LogP contribution is 2.29. The van der Waals surface area contributed by atoms with E-state index in [9.17, 15) is 9.59 Å². The maximum atomic E-state index is 12.0. The van der Waals surface area contributed by atoms with Crippen LogP contribution in [0.4, 0.5) is 0 Å². The highest BCUT2D eigenvalue weighted by Gasteiger charge is 2.16. The van der Waals surface area contributed by atoms with Gasteiger partial charge in [0.1, 0.15) is 10.8 Å². The first kappa shape index (κ1) is 18.6. The van der Waals surface area contributed by atoms with Crippen LogP contribution >= 0.6 is 11.3 Å². The number of aryl methyl sites for hydroxylation is 1. The van der Waals surface area contributed by atoms with Crippen LogP contribution in [0.15, 0.2) is 24.3 Å². The molecule has 0 atom stereocenters. The van der Waals surface area contributed by atoms with Gasteiger partial charge in [-0.15, -0.1) is 11.3 Å². The van der Waals surface area contributed by atoms with Gasteiger partial charge >= 0.3 is 0 Å². The van der Waals surface area contributed by atoms with Crippen molar-refractivity contribution in [2.24, 2.45) is 0 Å². The third kappa shape index (κ3) is 4.69. The minimum Gasteiger partial charge on any atom is -0.484 e. The third-order valence-corrected chi connectivity index (χ3v) is 5.87. The predicted molar refractivity (Wildman–Crippen MR) is 103 cm³/mol. The Hall–Kier alpha value is -2.21. The van der Waals surface area contributed by atoms with Gasteiger partial charge < -0.3 is 10.1 Å². The molecule has 0 spiro atoms. The molecule has 1 heterocycles. The van der Waals surface area contributed by atoms with Gasteiger partial charge in [0.05, 0.1) is 10.6 Å². The number of hydrogen-bond acceptors (Lipinski definition) is 5. The van der Waals surface area contributed by atoms with Crippen molar-refractivity contribution in [3.8, 4) is 16.3 Å². The number of amides is 1. The molecule has 26 heavy (non-hydrogen) atoms. The smallest absolute Gasteiger partial charge is 0.258 e. The number of Topliss-reactive ketones (excluding diaryl/α,β-unsaturated/α-hetero) is 1. The Balaban J connectivity index is 1.55. The first-order valence-corrected chi connectivity index (χ1v) is 9.85. The van der Waals surface area contributed by atoms with Gasteiger partial charge in [0, 0.05) is 18.5 Å². The van der Waals surface area contributed by atoms with Crippen molar-refractivity contribution in [1.82, 2.24) is 10.3 Å². The molecule has 0 aliphatic heterocycles. The zero-order chi connectivity index (χ0) is 18.5. The number of nitrogens with zero attached hydrogens (tertiary/aromatic N) is 1. The zero-order valence-electron chi connectivity index (χ0n) is 15.2. The second kappa shape index (κ2) is 8.45. The second-order valence-electron chi connectivity index (χ2n) is 6.71. The van der Waals surface area contributed by atoms with E-state index >= 15 is 0 Å². The van der Waals surface area contributed by atoms with Crippen molar-refractivity contribution < 1.29 is 14.3 Å². The number of carbonyl (C=O) groups is 2. The van der Waals surface area contributed by atoms with E-state index in [4.69, 9.17) is 4.74 Å². The molecule has 1 N–H and O–H groups in total. The number of ether oxygens (including phenoxy) is 1. The van der Waals surface area contributed by atoms with Gasteiger partial charge in [0.15, 0.2) is 12.4 Å². The number of rotatable bonds is 6. The summed E-state index contributed by atoms with van der Waals surface area (Å²) >= 11 is 1.40. The van der Waals surface area contributed by atoms with Crippen LogP contribution in [0.25, 0.3) is 10.6 Å². The molecule has 1 aliphatic rings. The molecule has 138 valence electrons. The number of thiazole rings is 1. The summed E-state index contributed by atoms with van der Waals surface area (Å²) in [6, 6.07) is 7.75. The fourth-order valence-electron chi connectivity index (χ4n) is 3.21. The van der Waals surface area contributed by atoms with E-state index in [2.05, 4.69) is 10.3 Å². The van der Waals surface area contributed by atoms with Crippen molar-refractivity contribution in [2.45, 2.75) is 52.0 Å². The number of benzene rings is 1. The number of ketones is 1. The van der Waals surface area contributed by atoms with Crippen LogP contribution in [0.2, 0.25) is 0 Å². The molecule has 1 fully saturated rings. The number of aromatic nitrogens is 1. The van der Waals surface area contributed by atoms with E-state index in [0.29, 0.717) is 16.7 Å². The van der Waals surface area contributed by atoms with Crippen LogP contribution < -0.4 is 10.1 Å². The molecule has 1 amide bonds. The van der Waals surface area contributed by atoms with Crippen LogP contribution in [-0.4, -0.2) is 29.3 Å². The van der Waals surface area contributed by atoms with E-state index < -0.39 is 0 Å². The van der Waals surface area contributed by atoms with Gasteiger partial charge in [0.25, 0.3) is 5.91 Å². The Bertz CT molecular complexity index is 777. The largest absolute Gasteiger partial charge is 0.484 e. The summed E-state index contributed by atoms with van der Waals surface area (Å²) in [5.74, 6) is 0.616. The minimum atomic E-state index is -0.0670. The summed E-state index contributed by atoms with van der Waals surface area (Å²) in [5, 5.41) is 3.86. The average molecular weight is 372 g/mol. The Morgan fingerprint density at radius 2 is 1.88 bits per heavy atom. The lowest BCUT2D eigenvalue weighted by Crippen LogP contribution is -2.38. The molecule has 0 unspecified atom stereocenters. The van der Waals surface area contributed by atoms with Gasteiger partial charge in [0.2, 0.25) is 0 Å². The molecule has 0 radical (unpaired) electrons. The lowest BCUT2D eigenvalue weighted by molar-refractivity contribution is -0.124.